The van der Waals surface area contributed by atoms with E-state index in [9.17, 15) is 0 Å². The summed E-state index contributed by atoms with van der Waals surface area (Å²) < 4.78 is 0. The molecule has 0 bridgehead atoms. The first kappa shape index (κ1) is 22.5. The van der Waals surface area contributed by atoms with E-state index in [1.54, 1.807) is 5.19 Å². The van der Waals surface area contributed by atoms with Crippen molar-refractivity contribution < 1.29 is 51.0 Å². The molecule has 1 radical (unpaired) electrons. The fourth-order valence-corrected chi connectivity index (χ4v) is 5.98. The Bertz CT molecular complexity index is 890. The van der Waals surface area contributed by atoms with Gasteiger partial charge in [0.1, 0.15) is 0 Å². The number of hydrogen-bond donors (Lipinski definition) is 0. The molecule has 0 saturated heterocycles. The van der Waals surface area contributed by atoms with Gasteiger partial charge in [-0.25, -0.2) is 0 Å². The van der Waals surface area contributed by atoms with Crippen LogP contribution in [0.2, 0.25) is 19.6 Å². The molecule has 0 aromatic heterocycles. The van der Waals surface area contributed by atoms with Gasteiger partial charge in [-0.1, -0.05) is 62.1 Å². The number of allylic oxidation sites excluding steroid dienone is 1. The van der Waals surface area contributed by atoms with Crippen molar-refractivity contribution >= 4 is 30.1 Å². The van der Waals surface area contributed by atoms with Crippen molar-refractivity contribution in [2.24, 2.45) is 0 Å². The molecular weight excluding hydrogens is 442 g/mol. The van der Waals surface area contributed by atoms with E-state index in [0.29, 0.717) is 5.92 Å². The molecule has 1 unspecified atom stereocenters. The van der Waals surface area contributed by atoms with Crippen molar-refractivity contribution in [3.63, 3.8) is 0 Å². The van der Waals surface area contributed by atoms with Crippen molar-refractivity contribution in [1.82, 2.24) is 0 Å². The monoisotopic (exact) mass is 461 g/mol. The zero-order valence-electron chi connectivity index (χ0n) is 14.7. The average molecular weight is 464 g/mol. The van der Waals surface area contributed by atoms with Gasteiger partial charge in [0.15, 0.2) is 0 Å². The first-order valence-electron chi connectivity index (χ1n) is 8.01. The maximum atomic E-state index is 2.46. The third kappa shape index (κ3) is 3.93. The number of rotatable bonds is 2. The summed E-state index contributed by atoms with van der Waals surface area (Å²) in [7, 11) is -1.41. The van der Waals surface area contributed by atoms with Crippen molar-refractivity contribution in [1.29, 1.82) is 0 Å². The summed E-state index contributed by atoms with van der Waals surface area (Å²) in [6, 6.07) is 20.1. The Kier molecular flexibility index (Phi) is 7.60. The summed E-state index contributed by atoms with van der Waals surface area (Å²) in [6.07, 6.45) is 4.66. The molecule has 0 saturated carbocycles. The van der Waals surface area contributed by atoms with Crippen LogP contribution in [0.5, 0.6) is 0 Å². The van der Waals surface area contributed by atoms with E-state index in [0.717, 1.165) is 0 Å². The first-order valence-corrected chi connectivity index (χ1v) is 11.5. The fraction of sp³-hybridized carbons (Fsp3) is 0.190. The standard InChI is InChI=1S/C21H21Si.2ClH.Zr/c1-22(2,3)21-18-11-7-5-9-16(18)14-20(21)19-13-12-15-8-4-6-10-17(15)19;;;/h4-14,19H,1-3H3;2*1H;/q-1;;;+3/p-2. The average Bonchev–Trinajstić information content (AvgIpc) is 3.07. The molecule has 1 atom stereocenters. The van der Waals surface area contributed by atoms with E-state index in [2.05, 4.69) is 86.4 Å². The minimum Gasteiger partial charge on any atom is -1.00 e. The van der Waals surface area contributed by atoms with Gasteiger partial charge in [0, 0.05) is 14.0 Å². The fourth-order valence-electron chi connectivity index (χ4n) is 3.85. The molecule has 0 N–H and O–H groups in total. The van der Waals surface area contributed by atoms with Crippen LogP contribution >= 0.6 is 0 Å². The van der Waals surface area contributed by atoms with Crippen LogP contribution in [0.4, 0.5) is 0 Å². The molecule has 0 amide bonds. The molecule has 3 aromatic rings. The molecule has 1 aliphatic rings. The van der Waals surface area contributed by atoms with Crippen LogP contribution in [0, 0.1) is 0 Å². The normalized spacial score (nSPS) is 15.1. The van der Waals surface area contributed by atoms with Gasteiger partial charge in [0.2, 0.25) is 0 Å². The van der Waals surface area contributed by atoms with Crippen molar-refractivity contribution in [2.75, 3.05) is 0 Å². The largest absolute Gasteiger partial charge is 3.00 e. The Hall–Kier alpha value is -0.530. The number of halogens is 2. The molecule has 0 aliphatic heterocycles. The van der Waals surface area contributed by atoms with Crippen LogP contribution in [-0.2, 0) is 26.2 Å². The van der Waals surface area contributed by atoms with Crippen molar-refractivity contribution in [3.8, 4) is 0 Å². The van der Waals surface area contributed by atoms with E-state index in [-0.39, 0.29) is 51.0 Å². The Morgan fingerprint density at radius 1 is 0.880 bits per heavy atom. The molecule has 1 aliphatic carbocycles. The summed E-state index contributed by atoms with van der Waals surface area (Å²) in [5.74, 6) is 0.422. The maximum absolute atomic E-state index is 2.46. The second kappa shape index (κ2) is 8.44. The molecular formula is C21H21Cl2SiZr. The topological polar surface area (TPSA) is 0 Å². The van der Waals surface area contributed by atoms with E-state index >= 15 is 0 Å². The number of fused-ring (bicyclic) bond motifs is 2. The van der Waals surface area contributed by atoms with Gasteiger partial charge >= 0.3 is 26.2 Å². The first-order chi connectivity index (χ1) is 10.6. The predicted octanol–water partition coefficient (Wildman–Crippen LogP) is -0.732. The Labute approximate surface area is 183 Å². The Morgan fingerprint density at radius 3 is 2.24 bits per heavy atom. The minimum absolute atomic E-state index is 0. The maximum Gasteiger partial charge on any atom is 3.00 e. The summed E-state index contributed by atoms with van der Waals surface area (Å²) >= 11 is 0. The van der Waals surface area contributed by atoms with Crippen molar-refractivity contribution in [3.05, 3.63) is 77.4 Å². The van der Waals surface area contributed by atoms with E-state index in [4.69, 9.17) is 0 Å². The molecule has 4 heteroatoms. The molecule has 0 heterocycles. The van der Waals surface area contributed by atoms with E-state index in [1.165, 1.54) is 27.5 Å². The van der Waals surface area contributed by atoms with Crippen LogP contribution in [-0.4, -0.2) is 8.07 Å². The zero-order chi connectivity index (χ0) is 15.3. The molecule has 4 rings (SSSR count). The number of hydrogen-bond acceptors (Lipinski definition) is 0. The summed E-state index contributed by atoms with van der Waals surface area (Å²) in [6.45, 7) is 7.38. The molecule has 0 spiro atoms. The van der Waals surface area contributed by atoms with Crippen molar-refractivity contribution in [2.45, 2.75) is 25.6 Å². The van der Waals surface area contributed by atoms with Crippen LogP contribution < -0.4 is 30.0 Å². The van der Waals surface area contributed by atoms with Gasteiger partial charge in [-0.3, -0.25) is 0 Å². The molecule has 3 aromatic carbocycles. The molecule has 0 fully saturated rings. The van der Waals surface area contributed by atoms with Gasteiger partial charge in [-0.2, -0.15) is 5.19 Å². The minimum atomic E-state index is -1.41. The Balaban J connectivity index is 0.00000104. The smallest absolute Gasteiger partial charge is 1.00 e. The van der Waals surface area contributed by atoms with Gasteiger partial charge in [-0.05, 0) is 11.1 Å². The summed E-state index contributed by atoms with van der Waals surface area (Å²) in [5, 5.41) is 4.50. The third-order valence-corrected chi connectivity index (χ3v) is 6.77. The van der Waals surface area contributed by atoms with Gasteiger partial charge in [0.25, 0.3) is 0 Å². The van der Waals surface area contributed by atoms with Crippen LogP contribution in [0.3, 0.4) is 0 Å². The SMILES string of the molecule is C[Si](C)(C)c1c(C2C=Cc3ccccc32)[cH-]c2ccccc12.[Cl-].[Cl-].[Zr+3]. The van der Waals surface area contributed by atoms with Crippen LogP contribution in [0.1, 0.15) is 22.6 Å². The predicted molar refractivity (Wildman–Crippen MR) is 99.8 cm³/mol. The Morgan fingerprint density at radius 2 is 1.52 bits per heavy atom. The molecule has 127 valence electrons. The quantitative estimate of drug-likeness (QED) is 0.347. The van der Waals surface area contributed by atoms with Gasteiger partial charge < -0.3 is 24.8 Å². The second-order valence-electron chi connectivity index (χ2n) is 7.28. The third-order valence-electron chi connectivity index (χ3n) is 4.71. The summed E-state index contributed by atoms with van der Waals surface area (Å²) in [5.41, 5.74) is 4.36. The molecule has 25 heavy (non-hydrogen) atoms. The second-order valence-corrected chi connectivity index (χ2v) is 12.3. The van der Waals surface area contributed by atoms with Crippen LogP contribution in [0.25, 0.3) is 16.8 Å². The van der Waals surface area contributed by atoms with Crippen LogP contribution in [0.15, 0.2) is 60.7 Å². The number of benzene rings is 2. The summed E-state index contributed by atoms with van der Waals surface area (Å²) in [4.78, 5) is 0. The zero-order valence-corrected chi connectivity index (χ0v) is 19.7. The van der Waals surface area contributed by atoms with E-state index < -0.39 is 8.07 Å². The molecule has 0 nitrogen and oxygen atoms in total. The van der Waals surface area contributed by atoms with Gasteiger partial charge in [-0.15, -0.1) is 40.6 Å². The van der Waals surface area contributed by atoms with Gasteiger partial charge in [0.05, 0.1) is 0 Å². The van der Waals surface area contributed by atoms with E-state index in [1.807, 2.05) is 0 Å².